The van der Waals surface area contributed by atoms with Crippen molar-refractivity contribution in [1.82, 2.24) is 25.4 Å². The number of benzene rings is 1. The van der Waals surface area contributed by atoms with Crippen LogP contribution in [0.3, 0.4) is 0 Å². The molecule has 3 amide bonds. The van der Waals surface area contributed by atoms with Gasteiger partial charge in [-0.05, 0) is 38.0 Å². The van der Waals surface area contributed by atoms with Gasteiger partial charge in [0.05, 0.1) is 31.6 Å². The first kappa shape index (κ1) is 20.0. The van der Waals surface area contributed by atoms with Crippen molar-refractivity contribution < 1.29 is 18.8 Å². The van der Waals surface area contributed by atoms with Gasteiger partial charge in [0.15, 0.2) is 0 Å². The second kappa shape index (κ2) is 8.19. The molecule has 2 aromatic rings. The first-order valence-electron chi connectivity index (χ1n) is 9.83. The summed E-state index contributed by atoms with van der Waals surface area (Å²) in [4.78, 5) is 28.3. The highest BCUT2D eigenvalue weighted by Crippen LogP contribution is 2.22. The molecule has 3 heterocycles. The molecule has 1 saturated heterocycles. The number of aromatic nitrogens is 1. The van der Waals surface area contributed by atoms with Crippen LogP contribution in [-0.2, 0) is 17.8 Å². The molecule has 9 heteroatoms. The number of nitrogens with one attached hydrogen (secondary N) is 1. The van der Waals surface area contributed by atoms with Gasteiger partial charge >= 0.3 is 6.03 Å². The van der Waals surface area contributed by atoms with Gasteiger partial charge < -0.3 is 19.2 Å². The topological polar surface area (TPSA) is 91.2 Å². The highest BCUT2D eigenvalue weighted by Gasteiger charge is 2.39. The summed E-state index contributed by atoms with van der Waals surface area (Å²) in [7, 11) is 1.62. The number of urea groups is 1. The average Bonchev–Trinajstić information content (AvgIpc) is 3.40. The number of amides is 3. The zero-order valence-electron chi connectivity index (χ0n) is 17.3. The van der Waals surface area contributed by atoms with Crippen LogP contribution in [0.25, 0.3) is 0 Å². The molecule has 2 aliphatic heterocycles. The Kier molecular flexibility index (Phi) is 5.45. The van der Waals surface area contributed by atoms with E-state index in [0.717, 1.165) is 28.3 Å². The molecule has 9 nitrogen and oxygen atoms in total. The fraction of sp³-hybridized carbons (Fsp3) is 0.381. The number of hydrogen-bond acceptors (Lipinski definition) is 7. The molecular formula is C21H25N5O4. The van der Waals surface area contributed by atoms with Gasteiger partial charge in [0, 0.05) is 18.3 Å². The third-order valence-electron chi connectivity index (χ3n) is 5.41. The maximum Gasteiger partial charge on any atom is 0.331 e. The number of ether oxygens (including phenoxy) is 1. The van der Waals surface area contributed by atoms with Gasteiger partial charge in [-0.25, -0.2) is 15.1 Å². The number of carbonyl (C=O) groups excluding carboxylic acids is 2. The Hall–Kier alpha value is -3.33. The Bertz CT molecular complexity index is 980. The van der Waals surface area contributed by atoms with Crippen molar-refractivity contribution >= 4 is 11.9 Å². The monoisotopic (exact) mass is 411 g/mol. The summed E-state index contributed by atoms with van der Waals surface area (Å²) in [5, 5.41) is 5.81. The van der Waals surface area contributed by atoms with Crippen LogP contribution in [0.1, 0.15) is 22.6 Å². The van der Waals surface area contributed by atoms with E-state index in [1.807, 2.05) is 43.1 Å². The van der Waals surface area contributed by atoms with Gasteiger partial charge in [-0.1, -0.05) is 17.3 Å². The zero-order valence-corrected chi connectivity index (χ0v) is 17.3. The van der Waals surface area contributed by atoms with E-state index >= 15 is 0 Å². The van der Waals surface area contributed by atoms with Crippen LogP contribution in [-0.4, -0.2) is 58.6 Å². The standard InChI is InChI=1S/C21H25N5O4/c1-14-19(15(2)30-23-14)12-25-11-17(10-22-25)26-20(27)13-24(21(26)28)8-7-16-5-4-6-18(9-16)29-3/h4-6,9,11,22H,7-8,10,12-13H2,1-3H3. The van der Waals surface area contributed by atoms with E-state index < -0.39 is 0 Å². The van der Waals surface area contributed by atoms with E-state index in [0.29, 0.717) is 31.8 Å². The minimum atomic E-state index is -0.282. The van der Waals surface area contributed by atoms with Crippen molar-refractivity contribution in [2.45, 2.75) is 26.8 Å². The number of carbonyl (C=O) groups is 2. The summed E-state index contributed by atoms with van der Waals surface area (Å²) >= 11 is 0. The second-order valence-electron chi connectivity index (χ2n) is 7.42. The molecule has 30 heavy (non-hydrogen) atoms. The van der Waals surface area contributed by atoms with E-state index in [1.54, 1.807) is 18.2 Å². The number of nitrogens with zero attached hydrogens (tertiary/aromatic N) is 4. The summed E-state index contributed by atoms with van der Waals surface area (Å²) < 4.78 is 10.4. The maximum atomic E-state index is 12.9. The van der Waals surface area contributed by atoms with E-state index in [4.69, 9.17) is 9.26 Å². The van der Waals surface area contributed by atoms with Gasteiger partial charge in [0.1, 0.15) is 18.1 Å². The highest BCUT2D eigenvalue weighted by atomic mass is 16.5. The molecule has 1 aromatic carbocycles. The lowest BCUT2D eigenvalue weighted by Crippen LogP contribution is -2.35. The smallest absolute Gasteiger partial charge is 0.331 e. The van der Waals surface area contributed by atoms with Crippen molar-refractivity contribution in [2.24, 2.45) is 0 Å². The molecule has 1 N–H and O–H groups in total. The number of methoxy groups -OCH3 is 1. The Morgan fingerprint density at radius 1 is 1.27 bits per heavy atom. The van der Waals surface area contributed by atoms with Crippen LogP contribution in [0.4, 0.5) is 4.79 Å². The third kappa shape index (κ3) is 3.88. The van der Waals surface area contributed by atoms with Crippen molar-refractivity contribution in [3.8, 4) is 5.75 Å². The van der Waals surface area contributed by atoms with E-state index in [9.17, 15) is 9.59 Å². The molecule has 0 radical (unpaired) electrons. The SMILES string of the molecule is COc1cccc(CCN2CC(=O)N(C3=CN(Cc4c(C)noc4C)NC3)C2=O)c1. The molecule has 1 aromatic heterocycles. The Balaban J connectivity index is 1.40. The van der Waals surface area contributed by atoms with Crippen LogP contribution in [0.2, 0.25) is 0 Å². The molecule has 0 atom stereocenters. The fourth-order valence-corrected chi connectivity index (χ4v) is 3.69. The average molecular weight is 411 g/mol. The normalized spacial score (nSPS) is 16.6. The second-order valence-corrected chi connectivity index (χ2v) is 7.42. The molecule has 0 aliphatic carbocycles. The quantitative estimate of drug-likeness (QED) is 0.697. The van der Waals surface area contributed by atoms with Crippen molar-refractivity contribution in [2.75, 3.05) is 26.7 Å². The van der Waals surface area contributed by atoms with Gasteiger partial charge in [-0.2, -0.15) is 0 Å². The molecule has 0 saturated carbocycles. The van der Waals surface area contributed by atoms with Crippen LogP contribution in [0.15, 0.2) is 40.7 Å². The molecular weight excluding hydrogens is 386 g/mol. The van der Waals surface area contributed by atoms with Gasteiger partial charge in [-0.3, -0.25) is 4.79 Å². The minimum absolute atomic E-state index is 0.0873. The predicted molar refractivity (Wildman–Crippen MR) is 108 cm³/mol. The van der Waals surface area contributed by atoms with Crippen molar-refractivity contribution in [1.29, 1.82) is 0 Å². The number of imide groups is 1. The molecule has 2 aliphatic rings. The molecule has 158 valence electrons. The molecule has 4 rings (SSSR count). The number of rotatable bonds is 7. The summed E-state index contributed by atoms with van der Waals surface area (Å²) in [5.74, 6) is 1.32. The van der Waals surface area contributed by atoms with Crippen molar-refractivity contribution in [3.63, 3.8) is 0 Å². The Morgan fingerprint density at radius 2 is 2.10 bits per heavy atom. The molecule has 0 unspecified atom stereocenters. The van der Waals surface area contributed by atoms with Gasteiger partial charge in [0.2, 0.25) is 0 Å². The lowest BCUT2D eigenvalue weighted by molar-refractivity contribution is -0.124. The Morgan fingerprint density at radius 3 is 2.83 bits per heavy atom. The maximum absolute atomic E-state index is 12.9. The lowest BCUT2D eigenvalue weighted by atomic mass is 10.1. The number of aryl methyl sites for hydroxylation is 2. The summed E-state index contributed by atoms with van der Waals surface area (Å²) in [6, 6.07) is 7.44. The Labute approximate surface area is 174 Å². The fourth-order valence-electron chi connectivity index (χ4n) is 3.69. The van der Waals surface area contributed by atoms with Crippen LogP contribution in [0.5, 0.6) is 5.75 Å². The van der Waals surface area contributed by atoms with E-state index in [-0.39, 0.29) is 18.5 Å². The first-order valence-corrected chi connectivity index (χ1v) is 9.83. The number of hydrazine groups is 1. The van der Waals surface area contributed by atoms with Crippen LogP contribution in [0, 0.1) is 13.8 Å². The van der Waals surface area contributed by atoms with Crippen LogP contribution >= 0.6 is 0 Å². The minimum Gasteiger partial charge on any atom is -0.497 e. The summed E-state index contributed by atoms with van der Waals surface area (Å²) in [6.07, 6.45) is 2.45. The highest BCUT2D eigenvalue weighted by molar-refractivity contribution is 6.03. The van der Waals surface area contributed by atoms with Gasteiger partial charge in [-0.15, -0.1) is 0 Å². The third-order valence-corrected chi connectivity index (χ3v) is 5.41. The zero-order chi connectivity index (χ0) is 21.3. The lowest BCUT2D eigenvalue weighted by Gasteiger charge is -2.17. The molecule has 1 fully saturated rings. The van der Waals surface area contributed by atoms with Gasteiger partial charge in [0.25, 0.3) is 5.91 Å². The van der Waals surface area contributed by atoms with Crippen molar-refractivity contribution in [3.05, 3.63) is 58.7 Å². The largest absolute Gasteiger partial charge is 0.497 e. The predicted octanol–water partition coefficient (Wildman–Crippen LogP) is 1.97. The number of hydrogen-bond donors (Lipinski definition) is 1. The van der Waals surface area contributed by atoms with E-state index in [1.165, 1.54) is 4.90 Å². The molecule has 0 spiro atoms. The first-order chi connectivity index (χ1) is 14.5. The van der Waals surface area contributed by atoms with E-state index in [2.05, 4.69) is 10.6 Å². The van der Waals surface area contributed by atoms with Crippen LogP contribution < -0.4 is 10.2 Å². The summed E-state index contributed by atoms with van der Waals surface area (Å²) in [6.45, 7) is 5.26. The molecule has 0 bridgehead atoms. The summed E-state index contributed by atoms with van der Waals surface area (Å²) in [5.41, 5.74) is 6.70.